The summed E-state index contributed by atoms with van der Waals surface area (Å²) < 4.78 is 1.20. The van der Waals surface area contributed by atoms with E-state index in [4.69, 9.17) is 5.73 Å². The van der Waals surface area contributed by atoms with Crippen molar-refractivity contribution in [1.29, 1.82) is 0 Å². The number of fused-ring (bicyclic) bond motifs is 1. The minimum atomic E-state index is -0.543. The third kappa shape index (κ3) is 3.45. The first-order chi connectivity index (χ1) is 10.6. The number of nitrogens with zero attached hydrogens (tertiary/aromatic N) is 1. The first kappa shape index (κ1) is 15.4. The number of aliphatic hydroxyl groups is 1. The number of rotatable bonds is 5. The molecule has 0 unspecified atom stereocenters. The van der Waals surface area contributed by atoms with Gasteiger partial charge in [-0.1, -0.05) is 12.1 Å². The third-order valence-corrected chi connectivity index (χ3v) is 5.25. The molecule has 1 aromatic heterocycles. The van der Waals surface area contributed by atoms with Crippen LogP contribution >= 0.6 is 11.3 Å². The van der Waals surface area contributed by atoms with Gasteiger partial charge in [-0.25, -0.2) is 4.98 Å². The summed E-state index contributed by atoms with van der Waals surface area (Å²) in [5, 5.41) is 13.6. The Bertz CT molecular complexity index is 615. The fourth-order valence-corrected chi connectivity index (χ4v) is 3.89. The van der Waals surface area contributed by atoms with Gasteiger partial charge in [0.1, 0.15) is 0 Å². The van der Waals surface area contributed by atoms with Gasteiger partial charge in [0.2, 0.25) is 5.91 Å². The van der Waals surface area contributed by atoms with E-state index < -0.39 is 6.10 Å². The summed E-state index contributed by atoms with van der Waals surface area (Å²) in [6.45, 7) is 0.636. The van der Waals surface area contributed by atoms with Gasteiger partial charge in [-0.15, -0.1) is 11.3 Å². The Kier molecular flexibility index (Phi) is 4.71. The van der Waals surface area contributed by atoms with Crippen LogP contribution in [0.3, 0.4) is 0 Å². The molecule has 1 aromatic carbocycles. The summed E-state index contributed by atoms with van der Waals surface area (Å²) in [5.41, 5.74) is 6.78. The smallest absolute Gasteiger partial charge is 0.223 e. The number of carbonyl (C=O) groups is 1. The van der Waals surface area contributed by atoms with Gasteiger partial charge in [0, 0.05) is 24.9 Å². The van der Waals surface area contributed by atoms with E-state index in [1.807, 2.05) is 18.2 Å². The number of carbonyl (C=O) groups excluding carboxylic acids is 1. The molecule has 3 rings (SSSR count). The second kappa shape index (κ2) is 6.73. The molecule has 0 spiro atoms. The van der Waals surface area contributed by atoms with E-state index in [9.17, 15) is 9.90 Å². The molecular formula is C16H21N3O2S. The maximum atomic E-state index is 12.0. The lowest BCUT2D eigenvalue weighted by atomic mass is 10.1. The predicted octanol–water partition coefficient (Wildman–Crippen LogP) is 1.44. The van der Waals surface area contributed by atoms with Crippen LogP contribution in [0.5, 0.6) is 0 Å². The molecule has 118 valence electrons. The molecule has 0 radical (unpaired) electrons. The molecule has 1 heterocycles. The van der Waals surface area contributed by atoms with Gasteiger partial charge < -0.3 is 16.2 Å². The second-order valence-electron chi connectivity index (χ2n) is 5.87. The van der Waals surface area contributed by atoms with Crippen LogP contribution in [0.4, 0.5) is 0 Å². The third-order valence-electron chi connectivity index (χ3n) is 4.15. The molecule has 5 nitrogen and oxygen atoms in total. The fourth-order valence-electron chi connectivity index (χ4n) is 2.88. The van der Waals surface area contributed by atoms with E-state index in [0.29, 0.717) is 19.4 Å². The van der Waals surface area contributed by atoms with Crippen LogP contribution in [0.25, 0.3) is 10.2 Å². The normalized spacial score (nSPS) is 24.7. The minimum absolute atomic E-state index is 0.0105. The molecular weight excluding hydrogens is 298 g/mol. The number of hydrogen-bond acceptors (Lipinski definition) is 5. The quantitative estimate of drug-likeness (QED) is 0.728. The van der Waals surface area contributed by atoms with E-state index in [1.54, 1.807) is 11.3 Å². The predicted molar refractivity (Wildman–Crippen MR) is 87.7 cm³/mol. The van der Waals surface area contributed by atoms with Gasteiger partial charge in [-0.3, -0.25) is 4.79 Å². The van der Waals surface area contributed by atoms with Crippen LogP contribution in [0.2, 0.25) is 0 Å². The summed E-state index contributed by atoms with van der Waals surface area (Å²) >= 11 is 1.71. The van der Waals surface area contributed by atoms with Crippen molar-refractivity contribution in [2.75, 3.05) is 6.54 Å². The molecule has 4 N–H and O–H groups in total. The van der Waals surface area contributed by atoms with Crippen molar-refractivity contribution in [3.8, 4) is 0 Å². The Balaban J connectivity index is 1.43. The largest absolute Gasteiger partial charge is 0.391 e. The maximum Gasteiger partial charge on any atom is 0.223 e. The van der Waals surface area contributed by atoms with Crippen molar-refractivity contribution in [2.24, 2.45) is 11.7 Å². The summed E-state index contributed by atoms with van der Waals surface area (Å²) in [4.78, 5) is 16.6. The number of nitrogens with one attached hydrogen (secondary N) is 1. The highest BCUT2D eigenvalue weighted by molar-refractivity contribution is 7.18. The van der Waals surface area contributed by atoms with Gasteiger partial charge in [-0.05, 0) is 31.4 Å². The lowest BCUT2D eigenvalue weighted by molar-refractivity contribution is -0.125. The van der Waals surface area contributed by atoms with E-state index in [2.05, 4.69) is 16.4 Å². The minimum Gasteiger partial charge on any atom is -0.391 e. The summed E-state index contributed by atoms with van der Waals surface area (Å²) in [6, 6.07) is 7.84. The summed E-state index contributed by atoms with van der Waals surface area (Å²) in [7, 11) is 0. The van der Waals surface area contributed by atoms with E-state index in [0.717, 1.165) is 23.4 Å². The lowest BCUT2D eigenvalue weighted by Gasteiger charge is -2.09. The van der Waals surface area contributed by atoms with Crippen molar-refractivity contribution >= 4 is 27.5 Å². The molecule has 1 saturated carbocycles. The number of nitrogens with two attached hydrogens (primary N) is 1. The Morgan fingerprint density at radius 3 is 2.95 bits per heavy atom. The van der Waals surface area contributed by atoms with Crippen LogP contribution in [0, 0.1) is 5.92 Å². The zero-order valence-electron chi connectivity index (χ0n) is 12.4. The molecule has 1 aliphatic carbocycles. The Morgan fingerprint density at radius 1 is 1.41 bits per heavy atom. The lowest BCUT2D eigenvalue weighted by Crippen LogP contribution is -2.31. The maximum absolute atomic E-state index is 12.0. The van der Waals surface area contributed by atoms with Gasteiger partial charge in [-0.2, -0.15) is 0 Å². The first-order valence-corrected chi connectivity index (χ1v) is 8.51. The average Bonchev–Trinajstić information content (AvgIpc) is 3.07. The monoisotopic (exact) mass is 319 g/mol. The summed E-state index contributed by atoms with van der Waals surface area (Å²) in [6.07, 6.45) is 2.24. The molecule has 0 aliphatic heterocycles. The Hall–Kier alpha value is -1.50. The first-order valence-electron chi connectivity index (χ1n) is 7.69. The Labute approximate surface area is 133 Å². The topological polar surface area (TPSA) is 88.2 Å². The van der Waals surface area contributed by atoms with Gasteiger partial charge in [0.05, 0.1) is 21.3 Å². The van der Waals surface area contributed by atoms with Crippen LogP contribution < -0.4 is 11.1 Å². The molecule has 0 bridgehead atoms. The molecule has 6 heteroatoms. The van der Waals surface area contributed by atoms with Gasteiger partial charge in [0.25, 0.3) is 0 Å². The zero-order chi connectivity index (χ0) is 15.5. The number of amides is 1. The number of para-hydroxylation sites is 1. The highest BCUT2D eigenvalue weighted by atomic mass is 32.1. The highest BCUT2D eigenvalue weighted by Crippen LogP contribution is 2.25. The van der Waals surface area contributed by atoms with Crippen molar-refractivity contribution in [2.45, 2.75) is 37.8 Å². The number of thiazole rings is 1. The van der Waals surface area contributed by atoms with E-state index >= 15 is 0 Å². The zero-order valence-corrected chi connectivity index (χ0v) is 13.2. The molecule has 0 saturated heterocycles. The highest BCUT2D eigenvalue weighted by Gasteiger charge is 2.34. The number of hydrogen-bond donors (Lipinski definition) is 3. The molecule has 1 amide bonds. The number of aliphatic hydroxyl groups excluding tert-OH is 1. The number of aryl methyl sites for hydroxylation is 1. The molecule has 3 atom stereocenters. The van der Waals surface area contributed by atoms with Crippen molar-refractivity contribution in [3.05, 3.63) is 29.3 Å². The van der Waals surface area contributed by atoms with Crippen LogP contribution in [-0.2, 0) is 11.2 Å². The molecule has 2 aromatic rings. The van der Waals surface area contributed by atoms with E-state index in [-0.39, 0.29) is 17.9 Å². The molecule has 22 heavy (non-hydrogen) atoms. The number of benzene rings is 1. The fraction of sp³-hybridized carbons (Fsp3) is 0.500. The standard InChI is InChI=1S/C16H21N3O2S/c17-11-8-10(9-13(11)20)16(21)18-7-3-6-15-19-12-4-1-2-5-14(12)22-15/h1-2,4-5,10-11,13,20H,3,6-9,17H2,(H,18,21)/t10-,11-,13-/m0/s1. The van der Waals surface area contributed by atoms with Gasteiger partial charge in [0.15, 0.2) is 0 Å². The second-order valence-corrected chi connectivity index (χ2v) is 6.98. The van der Waals surface area contributed by atoms with Crippen molar-refractivity contribution < 1.29 is 9.90 Å². The molecule has 1 fully saturated rings. The average molecular weight is 319 g/mol. The van der Waals surface area contributed by atoms with E-state index in [1.165, 1.54) is 4.70 Å². The SMILES string of the molecule is N[C@H]1C[C@H](C(=O)NCCCc2nc3ccccc3s2)C[C@@H]1O. The number of aromatic nitrogens is 1. The Morgan fingerprint density at radius 2 is 2.23 bits per heavy atom. The van der Waals surface area contributed by atoms with Crippen molar-refractivity contribution in [3.63, 3.8) is 0 Å². The van der Waals surface area contributed by atoms with Crippen LogP contribution in [0.1, 0.15) is 24.3 Å². The molecule has 1 aliphatic rings. The van der Waals surface area contributed by atoms with Crippen molar-refractivity contribution in [1.82, 2.24) is 10.3 Å². The van der Waals surface area contributed by atoms with Crippen LogP contribution in [-0.4, -0.2) is 34.7 Å². The van der Waals surface area contributed by atoms with Gasteiger partial charge >= 0.3 is 0 Å². The van der Waals surface area contributed by atoms with Crippen LogP contribution in [0.15, 0.2) is 24.3 Å². The summed E-state index contributed by atoms with van der Waals surface area (Å²) in [5.74, 6) is -0.135.